The number of hydrogen-bond acceptors (Lipinski definition) is 7. The lowest BCUT2D eigenvalue weighted by molar-refractivity contribution is -0.145. The largest absolute Gasteiger partial charge is 0.461 e. The molecule has 1 aliphatic rings. The van der Waals surface area contributed by atoms with E-state index in [0.29, 0.717) is 11.1 Å². The van der Waals surface area contributed by atoms with Gasteiger partial charge in [0.15, 0.2) is 0 Å². The van der Waals surface area contributed by atoms with E-state index in [1.807, 2.05) is 0 Å². The third-order valence-electron chi connectivity index (χ3n) is 4.50. The Hall–Kier alpha value is -3.89. The first-order valence-electron chi connectivity index (χ1n) is 9.53. The van der Waals surface area contributed by atoms with Gasteiger partial charge in [-0.3, -0.25) is 14.5 Å². The van der Waals surface area contributed by atoms with Gasteiger partial charge in [-0.05, 0) is 32.0 Å². The number of fused-ring (bicyclic) bond motifs is 1. The van der Waals surface area contributed by atoms with Crippen LogP contribution in [0.5, 0.6) is 6.01 Å². The van der Waals surface area contributed by atoms with Crippen molar-refractivity contribution in [3.05, 3.63) is 65.4 Å². The smallest absolute Gasteiger partial charge is 0.451 e. The minimum Gasteiger partial charge on any atom is -0.461 e. The molecule has 1 aromatic carbocycles. The number of rotatable bonds is 5. The number of carbonyl (C=O) groups is 2. The lowest BCUT2D eigenvalue weighted by Crippen LogP contribution is -2.29. The van der Waals surface area contributed by atoms with E-state index in [0.717, 1.165) is 17.3 Å². The quantitative estimate of drug-likeness (QED) is 0.557. The molecule has 0 fully saturated rings. The summed E-state index contributed by atoms with van der Waals surface area (Å²) in [5.74, 6) is -2.20. The second-order valence-corrected chi connectivity index (χ2v) is 7.23. The van der Waals surface area contributed by atoms with E-state index >= 15 is 0 Å². The van der Waals surface area contributed by atoms with Crippen molar-refractivity contribution >= 4 is 11.8 Å². The summed E-state index contributed by atoms with van der Waals surface area (Å²) in [6.07, 6.45) is -2.99. The van der Waals surface area contributed by atoms with Gasteiger partial charge in [0.2, 0.25) is 5.82 Å². The maximum atomic E-state index is 12.8. The summed E-state index contributed by atoms with van der Waals surface area (Å²) in [4.78, 5) is 41.5. The topological polar surface area (TPSA) is 98.2 Å². The van der Waals surface area contributed by atoms with Crippen LogP contribution < -0.4 is 4.74 Å². The van der Waals surface area contributed by atoms with Crippen molar-refractivity contribution in [2.45, 2.75) is 32.7 Å². The highest BCUT2D eigenvalue weighted by Gasteiger charge is 2.36. The first-order chi connectivity index (χ1) is 15.1. The molecule has 0 saturated heterocycles. The number of carbonyl (C=O) groups excluding carboxylic acids is 2. The van der Waals surface area contributed by atoms with Gasteiger partial charge in [-0.2, -0.15) is 23.1 Å². The van der Waals surface area contributed by atoms with E-state index in [9.17, 15) is 22.8 Å². The zero-order valence-electron chi connectivity index (χ0n) is 16.9. The number of aromatic nitrogens is 4. The summed E-state index contributed by atoms with van der Waals surface area (Å²) in [6, 6.07) is 7.85. The van der Waals surface area contributed by atoms with Crippen LogP contribution in [0.4, 0.5) is 13.2 Å². The van der Waals surface area contributed by atoms with E-state index in [4.69, 9.17) is 4.74 Å². The molecule has 2 aromatic heterocycles. The van der Waals surface area contributed by atoms with E-state index in [2.05, 4.69) is 19.9 Å². The maximum Gasteiger partial charge on any atom is 0.451 e. The molecule has 1 aliphatic heterocycles. The van der Waals surface area contributed by atoms with Crippen LogP contribution in [0.15, 0.2) is 42.7 Å². The van der Waals surface area contributed by atoms with Crippen molar-refractivity contribution in [3.8, 4) is 17.3 Å². The van der Waals surface area contributed by atoms with Gasteiger partial charge in [-0.15, -0.1) is 0 Å². The van der Waals surface area contributed by atoms with E-state index in [1.54, 1.807) is 38.1 Å². The molecule has 0 spiro atoms. The van der Waals surface area contributed by atoms with E-state index < -0.39 is 23.8 Å². The molecule has 32 heavy (non-hydrogen) atoms. The summed E-state index contributed by atoms with van der Waals surface area (Å²) in [7, 11) is 0. The van der Waals surface area contributed by atoms with Gasteiger partial charge in [-0.25, -0.2) is 9.97 Å². The molecule has 11 heteroatoms. The fourth-order valence-corrected chi connectivity index (χ4v) is 3.12. The first-order valence-corrected chi connectivity index (χ1v) is 9.53. The maximum absolute atomic E-state index is 12.8. The number of amides is 2. The Morgan fingerprint density at radius 2 is 1.59 bits per heavy atom. The third-order valence-corrected chi connectivity index (χ3v) is 4.50. The fourth-order valence-electron chi connectivity index (χ4n) is 3.12. The van der Waals surface area contributed by atoms with E-state index in [1.165, 1.54) is 6.07 Å². The zero-order chi connectivity index (χ0) is 23.0. The summed E-state index contributed by atoms with van der Waals surface area (Å²) in [5, 5.41) is 0. The number of ether oxygens (including phenoxy) is 1. The molecule has 8 nitrogen and oxygen atoms in total. The Labute approximate surface area is 180 Å². The summed E-state index contributed by atoms with van der Waals surface area (Å²) >= 11 is 0. The normalized spacial score (nSPS) is 13.6. The van der Waals surface area contributed by atoms with Gasteiger partial charge in [0.1, 0.15) is 0 Å². The average Bonchev–Trinajstić information content (AvgIpc) is 2.98. The monoisotopic (exact) mass is 443 g/mol. The number of halogens is 3. The summed E-state index contributed by atoms with van der Waals surface area (Å²) in [5.41, 5.74) is 1.23. The molecule has 3 aromatic rings. The summed E-state index contributed by atoms with van der Waals surface area (Å²) < 4.78 is 43.8. The van der Waals surface area contributed by atoms with Crippen molar-refractivity contribution in [2.24, 2.45) is 0 Å². The molecule has 4 rings (SSSR count). The van der Waals surface area contributed by atoms with Crippen LogP contribution in [-0.2, 0) is 12.7 Å². The van der Waals surface area contributed by atoms with Gasteiger partial charge in [-0.1, -0.05) is 12.1 Å². The Kier molecular flexibility index (Phi) is 5.33. The number of imide groups is 1. The fraction of sp³-hybridized carbons (Fsp3) is 0.238. The third kappa shape index (κ3) is 4.13. The molecular formula is C21H16F3N5O3. The highest BCUT2D eigenvalue weighted by atomic mass is 19.4. The van der Waals surface area contributed by atoms with Crippen molar-refractivity contribution in [1.29, 1.82) is 0 Å². The molecule has 0 aliphatic carbocycles. The number of alkyl halides is 3. The first kappa shape index (κ1) is 21.3. The molecule has 2 amide bonds. The minimum atomic E-state index is -4.67. The highest BCUT2D eigenvalue weighted by molar-refractivity contribution is 6.21. The SMILES string of the molecule is CC(C)Oc1nc(CN2C(=O)c3ccccc3C2=O)cc(-c2cnc(C(F)(F)F)nc2)n1. The Balaban J connectivity index is 1.69. The summed E-state index contributed by atoms with van der Waals surface area (Å²) in [6.45, 7) is 3.33. The van der Waals surface area contributed by atoms with Crippen LogP contribution in [0.2, 0.25) is 0 Å². The lowest BCUT2D eigenvalue weighted by atomic mass is 10.1. The predicted octanol–water partition coefficient (Wildman–Crippen LogP) is 3.54. The van der Waals surface area contributed by atoms with Crippen LogP contribution in [0.3, 0.4) is 0 Å². The number of benzene rings is 1. The van der Waals surface area contributed by atoms with Gasteiger partial charge in [0.05, 0.1) is 35.2 Å². The number of nitrogens with zero attached hydrogens (tertiary/aromatic N) is 5. The molecule has 0 saturated carbocycles. The second-order valence-electron chi connectivity index (χ2n) is 7.23. The molecular weight excluding hydrogens is 427 g/mol. The van der Waals surface area contributed by atoms with Crippen LogP contribution in [0, 0.1) is 0 Å². The van der Waals surface area contributed by atoms with Gasteiger partial charge in [0.25, 0.3) is 11.8 Å². The van der Waals surface area contributed by atoms with E-state index in [-0.39, 0.29) is 35.6 Å². The van der Waals surface area contributed by atoms with Crippen molar-refractivity contribution in [1.82, 2.24) is 24.8 Å². The van der Waals surface area contributed by atoms with Gasteiger partial charge in [0, 0.05) is 18.0 Å². The molecule has 0 bridgehead atoms. The molecule has 164 valence electrons. The molecule has 0 atom stereocenters. The highest BCUT2D eigenvalue weighted by Crippen LogP contribution is 2.28. The molecule has 0 N–H and O–H groups in total. The van der Waals surface area contributed by atoms with Gasteiger partial charge >= 0.3 is 12.2 Å². The van der Waals surface area contributed by atoms with Crippen molar-refractivity contribution in [3.63, 3.8) is 0 Å². The Morgan fingerprint density at radius 1 is 1.00 bits per heavy atom. The molecule has 0 unspecified atom stereocenters. The molecule has 3 heterocycles. The average molecular weight is 443 g/mol. The van der Waals surface area contributed by atoms with Crippen LogP contribution in [-0.4, -0.2) is 42.8 Å². The Morgan fingerprint density at radius 3 is 2.12 bits per heavy atom. The standard InChI is InChI=1S/C21H16F3N5O3/c1-11(2)32-20-27-13(10-29-17(30)14-5-3-4-6-15(14)18(29)31)7-16(28-20)12-8-25-19(26-9-12)21(22,23)24/h3-9,11H,10H2,1-2H3. The van der Waals surface area contributed by atoms with Crippen molar-refractivity contribution in [2.75, 3.05) is 0 Å². The minimum absolute atomic E-state index is 0.0518. The molecule has 0 radical (unpaired) electrons. The second kappa shape index (κ2) is 7.98. The lowest BCUT2D eigenvalue weighted by Gasteiger charge is -2.16. The number of hydrogen-bond donors (Lipinski definition) is 0. The predicted molar refractivity (Wildman–Crippen MR) is 104 cm³/mol. The zero-order valence-corrected chi connectivity index (χ0v) is 16.9. The Bertz CT molecular complexity index is 1160. The van der Waals surface area contributed by atoms with Crippen molar-refractivity contribution < 1.29 is 27.5 Å². The van der Waals surface area contributed by atoms with Gasteiger partial charge < -0.3 is 4.74 Å². The van der Waals surface area contributed by atoms with Crippen LogP contribution >= 0.6 is 0 Å². The van der Waals surface area contributed by atoms with Crippen LogP contribution in [0.1, 0.15) is 46.1 Å². The van der Waals surface area contributed by atoms with Crippen LogP contribution in [0.25, 0.3) is 11.3 Å².